The number of carbonyl (C=O) groups excluding carboxylic acids is 1. The van der Waals surface area contributed by atoms with Gasteiger partial charge < -0.3 is 14.4 Å². The molecule has 5 heteroatoms. The van der Waals surface area contributed by atoms with Crippen molar-refractivity contribution in [1.82, 2.24) is 4.90 Å². The fourth-order valence-electron chi connectivity index (χ4n) is 2.08. The molecule has 5 nitrogen and oxygen atoms in total. The molecule has 1 amide bonds. The van der Waals surface area contributed by atoms with Crippen molar-refractivity contribution in [2.75, 3.05) is 7.05 Å². The Bertz CT molecular complexity index is 713. The van der Waals surface area contributed by atoms with E-state index in [-0.39, 0.29) is 5.76 Å². The zero-order valence-corrected chi connectivity index (χ0v) is 13.8. The van der Waals surface area contributed by atoms with Crippen LogP contribution in [0.4, 0.5) is 0 Å². The maximum absolute atomic E-state index is 12.4. The average molecular weight is 315 g/mol. The van der Waals surface area contributed by atoms with Gasteiger partial charge in [0.15, 0.2) is 5.76 Å². The molecule has 0 aliphatic rings. The molecule has 1 heterocycles. The number of hydrogen-bond acceptors (Lipinski definition) is 3. The summed E-state index contributed by atoms with van der Waals surface area (Å²) >= 11 is 0. The number of benzene rings is 1. The largest absolute Gasteiger partial charge is 0.480 e. The number of aliphatic carboxylic acids is 1. The number of aryl methyl sites for hydroxylation is 1. The van der Waals surface area contributed by atoms with Gasteiger partial charge in [0.25, 0.3) is 5.91 Å². The minimum atomic E-state index is -1.31. The van der Waals surface area contributed by atoms with E-state index in [2.05, 4.69) is 6.92 Å². The van der Waals surface area contributed by atoms with Crippen molar-refractivity contribution in [3.05, 3.63) is 47.7 Å². The molecule has 0 fully saturated rings. The smallest absolute Gasteiger partial charge is 0.329 e. The number of amides is 1. The molecule has 0 spiro atoms. The van der Waals surface area contributed by atoms with Crippen LogP contribution in [0.15, 0.2) is 40.8 Å². The fourth-order valence-corrected chi connectivity index (χ4v) is 2.08. The number of likely N-dealkylation sites (N-methyl/N-ethyl adjacent to an activating group) is 1. The van der Waals surface area contributed by atoms with Gasteiger partial charge in [-0.3, -0.25) is 4.79 Å². The van der Waals surface area contributed by atoms with Crippen LogP contribution in [-0.4, -0.2) is 34.5 Å². The van der Waals surface area contributed by atoms with Gasteiger partial charge in [-0.1, -0.05) is 31.2 Å². The molecule has 1 aromatic heterocycles. The molecule has 0 saturated carbocycles. The highest BCUT2D eigenvalue weighted by atomic mass is 16.4. The first-order valence-corrected chi connectivity index (χ1v) is 7.48. The second-order valence-electron chi connectivity index (χ2n) is 5.94. The van der Waals surface area contributed by atoms with Crippen molar-refractivity contribution in [3.8, 4) is 11.3 Å². The van der Waals surface area contributed by atoms with Crippen LogP contribution in [0.3, 0.4) is 0 Å². The van der Waals surface area contributed by atoms with Gasteiger partial charge in [-0.2, -0.15) is 0 Å². The van der Waals surface area contributed by atoms with E-state index in [4.69, 9.17) is 4.42 Å². The SMILES string of the molecule is CCc1ccc(-c2ccc(C(=O)N(C)C(C)(C)C(=O)O)o2)cc1. The molecule has 0 unspecified atom stereocenters. The third-order valence-corrected chi connectivity index (χ3v) is 4.13. The Morgan fingerprint density at radius 3 is 2.26 bits per heavy atom. The molecule has 2 aromatic rings. The standard InChI is InChI=1S/C18H21NO4/c1-5-12-6-8-13(9-7-12)14-10-11-15(23-14)16(20)19(4)18(2,3)17(21)22/h6-11H,5H2,1-4H3,(H,21,22). The second kappa shape index (κ2) is 6.28. The Labute approximate surface area is 135 Å². The zero-order valence-electron chi connectivity index (χ0n) is 13.8. The lowest BCUT2D eigenvalue weighted by molar-refractivity contribution is -0.147. The van der Waals surface area contributed by atoms with E-state index in [1.54, 1.807) is 12.1 Å². The third-order valence-electron chi connectivity index (χ3n) is 4.13. The lowest BCUT2D eigenvalue weighted by Gasteiger charge is -2.30. The van der Waals surface area contributed by atoms with E-state index >= 15 is 0 Å². The Morgan fingerprint density at radius 1 is 1.13 bits per heavy atom. The number of hydrogen-bond donors (Lipinski definition) is 1. The second-order valence-corrected chi connectivity index (χ2v) is 5.94. The summed E-state index contributed by atoms with van der Waals surface area (Å²) in [6.45, 7) is 5.03. The molecule has 0 atom stereocenters. The van der Waals surface area contributed by atoms with Gasteiger partial charge in [0.05, 0.1) is 0 Å². The van der Waals surface area contributed by atoms with Crippen LogP contribution in [0.1, 0.15) is 36.9 Å². The quantitative estimate of drug-likeness (QED) is 0.917. The van der Waals surface area contributed by atoms with Crippen molar-refractivity contribution in [3.63, 3.8) is 0 Å². The molecule has 0 saturated heterocycles. The molecule has 0 aliphatic carbocycles. The number of nitrogens with zero attached hydrogens (tertiary/aromatic N) is 1. The highest BCUT2D eigenvalue weighted by Gasteiger charge is 2.36. The van der Waals surface area contributed by atoms with Gasteiger partial charge in [-0.05, 0) is 38.0 Å². The Kier molecular flexibility index (Phi) is 4.59. The molecule has 2 rings (SSSR count). The minimum Gasteiger partial charge on any atom is -0.480 e. The van der Waals surface area contributed by atoms with Crippen molar-refractivity contribution >= 4 is 11.9 Å². The summed E-state index contributed by atoms with van der Waals surface area (Å²) in [4.78, 5) is 24.8. The van der Waals surface area contributed by atoms with Crippen LogP contribution in [0.25, 0.3) is 11.3 Å². The summed E-state index contributed by atoms with van der Waals surface area (Å²) in [5.41, 5.74) is 0.785. The normalized spacial score (nSPS) is 11.3. The van der Waals surface area contributed by atoms with Crippen LogP contribution in [-0.2, 0) is 11.2 Å². The Balaban J connectivity index is 2.24. The Morgan fingerprint density at radius 2 is 1.74 bits per heavy atom. The third kappa shape index (κ3) is 3.28. The molecule has 0 bridgehead atoms. The first kappa shape index (κ1) is 16.8. The fraction of sp³-hybridized carbons (Fsp3) is 0.333. The zero-order chi connectivity index (χ0) is 17.2. The van der Waals surface area contributed by atoms with Gasteiger partial charge in [0, 0.05) is 12.6 Å². The van der Waals surface area contributed by atoms with Crippen molar-refractivity contribution < 1.29 is 19.1 Å². The van der Waals surface area contributed by atoms with Gasteiger partial charge in [-0.25, -0.2) is 4.79 Å². The number of carboxylic acid groups (broad SMARTS) is 1. The van der Waals surface area contributed by atoms with E-state index in [9.17, 15) is 14.7 Å². The number of furan rings is 1. The number of carboxylic acids is 1. The lowest BCUT2D eigenvalue weighted by atomic mass is 10.0. The molecular weight excluding hydrogens is 294 g/mol. The van der Waals surface area contributed by atoms with E-state index in [1.807, 2.05) is 24.3 Å². The minimum absolute atomic E-state index is 0.122. The molecule has 1 aromatic carbocycles. The van der Waals surface area contributed by atoms with Crippen molar-refractivity contribution in [2.24, 2.45) is 0 Å². The van der Waals surface area contributed by atoms with E-state index in [0.717, 1.165) is 16.9 Å². The average Bonchev–Trinajstić information content (AvgIpc) is 3.03. The molecule has 122 valence electrons. The summed E-state index contributed by atoms with van der Waals surface area (Å²) < 4.78 is 5.62. The van der Waals surface area contributed by atoms with Crippen molar-refractivity contribution in [2.45, 2.75) is 32.7 Å². The molecular formula is C18H21NO4. The number of rotatable bonds is 5. The van der Waals surface area contributed by atoms with E-state index in [0.29, 0.717) is 5.76 Å². The van der Waals surface area contributed by atoms with Crippen LogP contribution in [0.5, 0.6) is 0 Å². The van der Waals surface area contributed by atoms with Gasteiger partial charge in [0.2, 0.25) is 0 Å². The molecule has 0 radical (unpaired) electrons. The van der Waals surface area contributed by atoms with Crippen LogP contribution >= 0.6 is 0 Å². The summed E-state index contributed by atoms with van der Waals surface area (Å²) in [6.07, 6.45) is 0.956. The lowest BCUT2D eigenvalue weighted by Crippen LogP contribution is -2.50. The highest BCUT2D eigenvalue weighted by molar-refractivity contribution is 5.95. The monoisotopic (exact) mass is 315 g/mol. The molecule has 0 aliphatic heterocycles. The summed E-state index contributed by atoms with van der Waals surface area (Å²) in [5, 5.41) is 9.22. The first-order valence-electron chi connectivity index (χ1n) is 7.48. The predicted octanol–water partition coefficient (Wildman–Crippen LogP) is 3.44. The van der Waals surface area contributed by atoms with Crippen molar-refractivity contribution in [1.29, 1.82) is 0 Å². The van der Waals surface area contributed by atoms with E-state index in [1.165, 1.54) is 26.5 Å². The molecule has 1 N–H and O–H groups in total. The maximum atomic E-state index is 12.4. The van der Waals surface area contributed by atoms with Crippen LogP contribution < -0.4 is 0 Å². The number of carbonyl (C=O) groups is 2. The first-order chi connectivity index (χ1) is 10.8. The van der Waals surface area contributed by atoms with Gasteiger partial charge in [-0.15, -0.1) is 0 Å². The predicted molar refractivity (Wildman–Crippen MR) is 87.3 cm³/mol. The topological polar surface area (TPSA) is 70.8 Å². The summed E-state index contributed by atoms with van der Waals surface area (Å²) in [5.74, 6) is -0.835. The van der Waals surface area contributed by atoms with Gasteiger partial charge in [0.1, 0.15) is 11.3 Å². The van der Waals surface area contributed by atoms with Gasteiger partial charge >= 0.3 is 5.97 Å². The van der Waals surface area contributed by atoms with Crippen LogP contribution in [0, 0.1) is 0 Å². The Hall–Kier alpha value is -2.56. The highest BCUT2D eigenvalue weighted by Crippen LogP contribution is 2.25. The van der Waals surface area contributed by atoms with Crippen LogP contribution in [0.2, 0.25) is 0 Å². The maximum Gasteiger partial charge on any atom is 0.329 e. The van der Waals surface area contributed by atoms with E-state index < -0.39 is 17.4 Å². The molecule has 23 heavy (non-hydrogen) atoms. The summed E-state index contributed by atoms with van der Waals surface area (Å²) in [7, 11) is 1.45. The summed E-state index contributed by atoms with van der Waals surface area (Å²) in [6, 6.07) is 11.2.